The van der Waals surface area contributed by atoms with Crippen molar-refractivity contribution in [3.05, 3.63) is 38.9 Å². The molecule has 0 bridgehead atoms. The number of carbonyl (C=O) groups is 1. The third-order valence-corrected chi connectivity index (χ3v) is 5.73. The number of aryl methyl sites for hydroxylation is 2. The van der Waals surface area contributed by atoms with Crippen molar-refractivity contribution in [1.82, 2.24) is 15.4 Å². The SMILES string of the molecule is Cc1noc(C)c1Cc1ccc(C(=O)NC[C@H](C)N2CCOCC2)s1. The lowest BCUT2D eigenvalue weighted by molar-refractivity contribution is 0.0204. The number of morpholine rings is 1. The summed E-state index contributed by atoms with van der Waals surface area (Å²) in [6.45, 7) is 10.1. The molecular weight excluding hydrogens is 338 g/mol. The Labute approximate surface area is 152 Å². The molecule has 1 aliphatic rings. The molecule has 1 atom stereocenters. The second kappa shape index (κ2) is 8.12. The number of aromatic nitrogens is 1. The van der Waals surface area contributed by atoms with Crippen molar-refractivity contribution in [1.29, 1.82) is 0 Å². The van der Waals surface area contributed by atoms with Crippen LogP contribution in [0, 0.1) is 13.8 Å². The molecule has 1 fully saturated rings. The van der Waals surface area contributed by atoms with Gasteiger partial charge in [0, 0.05) is 42.5 Å². The normalized spacial score (nSPS) is 16.8. The number of rotatable bonds is 6. The average Bonchev–Trinajstić information content (AvgIpc) is 3.22. The van der Waals surface area contributed by atoms with Crippen LogP contribution < -0.4 is 5.32 Å². The number of ether oxygens (including phenoxy) is 1. The molecule has 0 saturated carbocycles. The van der Waals surface area contributed by atoms with Crippen molar-refractivity contribution >= 4 is 17.2 Å². The van der Waals surface area contributed by atoms with Crippen LogP contribution in [0.15, 0.2) is 16.7 Å². The molecule has 3 heterocycles. The third kappa shape index (κ3) is 4.48. The lowest BCUT2D eigenvalue weighted by atomic mass is 10.1. The Hall–Kier alpha value is -1.70. The summed E-state index contributed by atoms with van der Waals surface area (Å²) in [7, 11) is 0. The van der Waals surface area contributed by atoms with Gasteiger partial charge in [0.25, 0.3) is 5.91 Å². The zero-order chi connectivity index (χ0) is 17.8. The highest BCUT2D eigenvalue weighted by atomic mass is 32.1. The second-order valence-corrected chi connectivity index (χ2v) is 7.62. The van der Waals surface area contributed by atoms with Crippen LogP contribution in [0.25, 0.3) is 0 Å². The predicted octanol–water partition coefficient (Wildman–Crippen LogP) is 2.39. The van der Waals surface area contributed by atoms with Gasteiger partial charge in [0.05, 0.1) is 23.8 Å². The Morgan fingerprint density at radius 3 is 2.80 bits per heavy atom. The first-order chi connectivity index (χ1) is 12.0. The minimum Gasteiger partial charge on any atom is -0.379 e. The maximum absolute atomic E-state index is 12.4. The highest BCUT2D eigenvalue weighted by Crippen LogP contribution is 2.23. The van der Waals surface area contributed by atoms with Crippen molar-refractivity contribution in [2.45, 2.75) is 33.2 Å². The van der Waals surface area contributed by atoms with Crippen molar-refractivity contribution in [2.24, 2.45) is 0 Å². The van der Waals surface area contributed by atoms with E-state index in [4.69, 9.17) is 9.26 Å². The van der Waals surface area contributed by atoms with Gasteiger partial charge in [-0.1, -0.05) is 5.16 Å². The van der Waals surface area contributed by atoms with Gasteiger partial charge in [-0.25, -0.2) is 0 Å². The van der Waals surface area contributed by atoms with Gasteiger partial charge in [0.15, 0.2) is 0 Å². The van der Waals surface area contributed by atoms with E-state index < -0.39 is 0 Å². The first-order valence-corrected chi connectivity index (χ1v) is 9.46. The van der Waals surface area contributed by atoms with E-state index in [2.05, 4.69) is 22.3 Å². The number of amides is 1. The summed E-state index contributed by atoms with van der Waals surface area (Å²) in [5.74, 6) is 0.839. The van der Waals surface area contributed by atoms with E-state index in [0.29, 0.717) is 12.6 Å². The average molecular weight is 363 g/mol. The molecule has 1 aliphatic heterocycles. The molecule has 1 amide bonds. The Bertz CT molecular complexity index is 699. The summed E-state index contributed by atoms with van der Waals surface area (Å²) >= 11 is 1.53. The fourth-order valence-corrected chi connectivity index (χ4v) is 3.93. The third-order valence-electron chi connectivity index (χ3n) is 4.64. The molecule has 0 radical (unpaired) electrons. The van der Waals surface area contributed by atoms with Crippen molar-refractivity contribution < 1.29 is 14.1 Å². The van der Waals surface area contributed by atoms with Crippen molar-refractivity contribution in [2.75, 3.05) is 32.8 Å². The van der Waals surface area contributed by atoms with E-state index in [-0.39, 0.29) is 5.91 Å². The van der Waals surface area contributed by atoms with Gasteiger partial charge < -0.3 is 14.6 Å². The highest BCUT2D eigenvalue weighted by Gasteiger charge is 2.18. The first kappa shape index (κ1) is 18.1. The van der Waals surface area contributed by atoms with Gasteiger partial charge in [-0.15, -0.1) is 11.3 Å². The monoisotopic (exact) mass is 363 g/mol. The van der Waals surface area contributed by atoms with Crippen LogP contribution in [0.5, 0.6) is 0 Å². The summed E-state index contributed by atoms with van der Waals surface area (Å²) in [6.07, 6.45) is 0.753. The van der Waals surface area contributed by atoms with Crippen LogP contribution in [-0.2, 0) is 11.2 Å². The second-order valence-electron chi connectivity index (χ2n) is 6.45. The minimum atomic E-state index is -0.00452. The number of hydrogen-bond donors (Lipinski definition) is 1. The molecule has 0 unspecified atom stereocenters. The number of nitrogens with zero attached hydrogens (tertiary/aromatic N) is 2. The van der Waals surface area contributed by atoms with Crippen molar-refractivity contribution in [3.8, 4) is 0 Å². The molecule has 6 nitrogen and oxygen atoms in total. The molecule has 7 heteroatoms. The molecule has 0 aliphatic carbocycles. The largest absolute Gasteiger partial charge is 0.379 e. The van der Waals surface area contributed by atoms with E-state index in [0.717, 1.165) is 59.5 Å². The molecule has 136 valence electrons. The molecular formula is C18H25N3O3S. The number of hydrogen-bond acceptors (Lipinski definition) is 6. The van der Waals surface area contributed by atoms with E-state index in [1.165, 1.54) is 11.3 Å². The van der Waals surface area contributed by atoms with Crippen molar-refractivity contribution in [3.63, 3.8) is 0 Å². The van der Waals surface area contributed by atoms with Gasteiger partial charge in [-0.2, -0.15) is 0 Å². The Kier molecular flexibility index (Phi) is 5.88. The first-order valence-electron chi connectivity index (χ1n) is 8.65. The Morgan fingerprint density at radius 1 is 1.36 bits per heavy atom. The highest BCUT2D eigenvalue weighted by molar-refractivity contribution is 7.14. The molecule has 3 rings (SSSR count). The molecule has 25 heavy (non-hydrogen) atoms. The summed E-state index contributed by atoms with van der Waals surface area (Å²) < 4.78 is 10.6. The zero-order valence-electron chi connectivity index (χ0n) is 15.0. The fourth-order valence-electron chi connectivity index (χ4n) is 3.00. The standard InChI is InChI=1S/C18H25N3O3S/c1-12(21-6-8-23-9-7-21)11-19-18(22)17-5-4-15(25-17)10-16-13(2)20-24-14(16)3/h4-5,12H,6-11H2,1-3H3,(H,19,22)/t12-/m0/s1. The van der Waals surface area contributed by atoms with E-state index in [1.54, 1.807) is 0 Å². The smallest absolute Gasteiger partial charge is 0.261 e. The van der Waals surface area contributed by atoms with Crippen LogP contribution in [0.1, 0.15) is 38.5 Å². The lowest BCUT2D eigenvalue weighted by Crippen LogP contribution is -2.47. The minimum absolute atomic E-state index is 0.00452. The van der Waals surface area contributed by atoms with E-state index in [1.807, 2.05) is 26.0 Å². The van der Waals surface area contributed by atoms with Gasteiger partial charge in [0.2, 0.25) is 0 Å². The summed E-state index contributed by atoms with van der Waals surface area (Å²) in [5, 5.41) is 7.03. The number of nitrogens with one attached hydrogen (secondary N) is 1. The van der Waals surface area contributed by atoms with Crippen LogP contribution in [0.3, 0.4) is 0 Å². The molecule has 1 N–H and O–H groups in total. The summed E-state index contributed by atoms with van der Waals surface area (Å²) in [5.41, 5.74) is 2.02. The van der Waals surface area contributed by atoms with Gasteiger partial charge >= 0.3 is 0 Å². The molecule has 2 aromatic rings. The lowest BCUT2D eigenvalue weighted by Gasteiger charge is -2.32. The fraction of sp³-hybridized carbons (Fsp3) is 0.556. The van der Waals surface area contributed by atoms with E-state index >= 15 is 0 Å². The van der Waals surface area contributed by atoms with Gasteiger partial charge in [0.1, 0.15) is 5.76 Å². The maximum Gasteiger partial charge on any atom is 0.261 e. The van der Waals surface area contributed by atoms with Gasteiger partial charge in [-0.3, -0.25) is 9.69 Å². The maximum atomic E-state index is 12.4. The molecule has 2 aromatic heterocycles. The number of carbonyl (C=O) groups excluding carboxylic acids is 1. The molecule has 1 saturated heterocycles. The van der Waals surface area contributed by atoms with Gasteiger partial charge in [-0.05, 0) is 32.9 Å². The Morgan fingerprint density at radius 2 is 2.12 bits per heavy atom. The van der Waals surface area contributed by atoms with Crippen LogP contribution >= 0.6 is 11.3 Å². The number of thiophene rings is 1. The molecule has 0 spiro atoms. The van der Waals surface area contributed by atoms with Crippen LogP contribution in [0.4, 0.5) is 0 Å². The molecule has 0 aromatic carbocycles. The summed E-state index contributed by atoms with van der Waals surface area (Å²) in [4.78, 5) is 16.6. The van der Waals surface area contributed by atoms with Crippen LogP contribution in [0.2, 0.25) is 0 Å². The predicted molar refractivity (Wildman–Crippen MR) is 97.3 cm³/mol. The topological polar surface area (TPSA) is 67.6 Å². The quantitative estimate of drug-likeness (QED) is 0.854. The van der Waals surface area contributed by atoms with Crippen LogP contribution in [-0.4, -0.2) is 54.9 Å². The zero-order valence-corrected chi connectivity index (χ0v) is 15.8. The van der Waals surface area contributed by atoms with E-state index in [9.17, 15) is 4.79 Å². The summed E-state index contributed by atoms with van der Waals surface area (Å²) in [6, 6.07) is 4.22. The Balaban J connectivity index is 1.53.